The SMILES string of the molecule is CCOC(=O)c1c(NC(=O)CSc2cccc(NC(=O)/C(=C\c3ccc(N(C)C)cc3)NC(=O)c3ccccc3)c2)sc2c1CCCCC2. The Balaban J connectivity index is 1.27. The van der Waals surface area contributed by atoms with Gasteiger partial charge < -0.3 is 25.6 Å². The second kappa shape index (κ2) is 17.0. The lowest BCUT2D eigenvalue weighted by molar-refractivity contribution is -0.114. The Morgan fingerprint density at radius 2 is 1.65 bits per heavy atom. The van der Waals surface area contributed by atoms with E-state index in [0.29, 0.717) is 21.8 Å². The van der Waals surface area contributed by atoms with Crippen LogP contribution in [0.3, 0.4) is 0 Å². The quantitative estimate of drug-likeness (QED) is 0.0612. The molecule has 0 saturated heterocycles. The number of nitrogens with one attached hydrogen (secondary N) is 3. The molecule has 3 N–H and O–H groups in total. The van der Waals surface area contributed by atoms with Crippen molar-refractivity contribution in [2.24, 2.45) is 0 Å². The van der Waals surface area contributed by atoms with Crippen molar-refractivity contribution in [1.82, 2.24) is 5.32 Å². The zero-order valence-electron chi connectivity index (χ0n) is 27.8. The molecule has 3 aromatic carbocycles. The van der Waals surface area contributed by atoms with E-state index in [0.717, 1.165) is 58.7 Å². The van der Waals surface area contributed by atoms with Gasteiger partial charge in [-0.1, -0.05) is 42.8 Å². The van der Waals surface area contributed by atoms with E-state index in [9.17, 15) is 19.2 Å². The number of hydrogen-bond donors (Lipinski definition) is 3. The molecule has 11 heteroatoms. The third-order valence-electron chi connectivity index (χ3n) is 7.86. The predicted molar refractivity (Wildman–Crippen MR) is 199 cm³/mol. The lowest BCUT2D eigenvalue weighted by atomic mass is 10.1. The second-order valence-electron chi connectivity index (χ2n) is 11.7. The van der Waals surface area contributed by atoms with Crippen LogP contribution in [0, 0.1) is 0 Å². The molecule has 3 amide bonds. The minimum absolute atomic E-state index is 0.0793. The van der Waals surface area contributed by atoms with Gasteiger partial charge in [-0.2, -0.15) is 0 Å². The van der Waals surface area contributed by atoms with E-state index in [1.165, 1.54) is 23.1 Å². The number of anilines is 3. The van der Waals surface area contributed by atoms with E-state index >= 15 is 0 Å². The van der Waals surface area contributed by atoms with E-state index < -0.39 is 17.8 Å². The molecule has 4 aromatic rings. The fourth-order valence-corrected chi connectivity index (χ4v) is 7.45. The summed E-state index contributed by atoms with van der Waals surface area (Å²) in [5.41, 5.74) is 4.25. The molecule has 1 aliphatic carbocycles. The largest absolute Gasteiger partial charge is 0.462 e. The number of hydrogen-bond acceptors (Lipinski definition) is 8. The van der Waals surface area contributed by atoms with E-state index in [4.69, 9.17) is 4.74 Å². The van der Waals surface area contributed by atoms with E-state index in [1.807, 2.05) is 55.4 Å². The predicted octanol–water partition coefficient (Wildman–Crippen LogP) is 7.40. The average molecular weight is 697 g/mol. The number of benzene rings is 3. The molecule has 0 bridgehead atoms. The first-order valence-corrected chi connectivity index (χ1v) is 18.0. The number of amides is 3. The third kappa shape index (κ3) is 9.61. The Kier molecular flexibility index (Phi) is 12.3. The molecule has 0 unspecified atom stereocenters. The Bertz CT molecular complexity index is 1830. The van der Waals surface area contributed by atoms with Crippen LogP contribution < -0.4 is 20.9 Å². The number of fused-ring (bicyclic) bond motifs is 1. The molecule has 1 aliphatic rings. The maximum Gasteiger partial charge on any atom is 0.341 e. The lowest BCUT2D eigenvalue weighted by Gasteiger charge is -2.14. The average Bonchev–Trinajstić information content (AvgIpc) is 3.27. The lowest BCUT2D eigenvalue weighted by Crippen LogP contribution is -2.30. The van der Waals surface area contributed by atoms with Gasteiger partial charge in [0.05, 0.1) is 17.9 Å². The van der Waals surface area contributed by atoms with Crippen LogP contribution in [0.15, 0.2) is 89.5 Å². The number of carbonyl (C=O) groups is 4. The van der Waals surface area contributed by atoms with Gasteiger partial charge in [0.2, 0.25) is 5.91 Å². The van der Waals surface area contributed by atoms with Crippen molar-refractivity contribution >= 4 is 69.2 Å². The molecule has 0 radical (unpaired) electrons. The fraction of sp³-hybridized carbons (Fsp3) is 0.263. The van der Waals surface area contributed by atoms with Crippen molar-refractivity contribution in [3.8, 4) is 0 Å². The minimum Gasteiger partial charge on any atom is -0.462 e. The summed E-state index contributed by atoms with van der Waals surface area (Å²) in [6.07, 6.45) is 6.52. The molecular weight excluding hydrogens is 657 g/mol. The highest BCUT2D eigenvalue weighted by Gasteiger charge is 2.26. The zero-order chi connectivity index (χ0) is 34.8. The molecule has 1 heterocycles. The molecular formula is C38H40N4O5S2. The Morgan fingerprint density at radius 1 is 0.898 bits per heavy atom. The van der Waals surface area contributed by atoms with Gasteiger partial charge in [-0.05, 0) is 92.3 Å². The summed E-state index contributed by atoms with van der Waals surface area (Å²) in [7, 11) is 3.89. The number of rotatable bonds is 12. The van der Waals surface area contributed by atoms with Crippen LogP contribution in [0.1, 0.15) is 62.9 Å². The van der Waals surface area contributed by atoms with Crippen LogP contribution in [0.4, 0.5) is 16.4 Å². The van der Waals surface area contributed by atoms with Crippen LogP contribution in [0.2, 0.25) is 0 Å². The topological polar surface area (TPSA) is 117 Å². The van der Waals surface area contributed by atoms with Crippen LogP contribution in [0.25, 0.3) is 6.08 Å². The number of thiophene rings is 1. The smallest absolute Gasteiger partial charge is 0.341 e. The van der Waals surface area contributed by atoms with Crippen molar-refractivity contribution in [2.45, 2.75) is 43.9 Å². The van der Waals surface area contributed by atoms with E-state index in [1.54, 1.807) is 55.5 Å². The van der Waals surface area contributed by atoms with Gasteiger partial charge in [0.15, 0.2) is 0 Å². The standard InChI is InChI=1S/C38H40N4O5S2/c1-4-47-38(46)34-30-16-9-6-10-17-32(30)49-37(34)41-33(43)24-48-29-15-11-14-27(23-29)39-36(45)31(40-35(44)26-12-7-5-8-13-26)22-25-18-20-28(21-19-25)42(2)3/h5,7-8,11-15,18-23H,4,6,9-10,16-17,24H2,1-3H3,(H,39,45)(H,40,44)(H,41,43)/b31-22+. The monoisotopic (exact) mass is 696 g/mol. The first kappa shape index (κ1) is 35.4. The van der Waals surface area contributed by atoms with Crippen molar-refractivity contribution in [2.75, 3.05) is 42.0 Å². The van der Waals surface area contributed by atoms with E-state index in [-0.39, 0.29) is 24.0 Å². The summed E-state index contributed by atoms with van der Waals surface area (Å²) in [5, 5.41) is 9.16. The van der Waals surface area contributed by atoms with Crippen molar-refractivity contribution in [3.63, 3.8) is 0 Å². The molecule has 1 aromatic heterocycles. The highest BCUT2D eigenvalue weighted by Crippen LogP contribution is 2.38. The Morgan fingerprint density at radius 3 is 2.39 bits per heavy atom. The molecule has 0 atom stereocenters. The number of aryl methyl sites for hydroxylation is 1. The highest BCUT2D eigenvalue weighted by atomic mass is 32.2. The van der Waals surface area contributed by atoms with Crippen LogP contribution in [-0.2, 0) is 27.2 Å². The molecule has 49 heavy (non-hydrogen) atoms. The van der Waals surface area contributed by atoms with Crippen molar-refractivity contribution in [3.05, 3.63) is 112 Å². The summed E-state index contributed by atoms with van der Waals surface area (Å²) < 4.78 is 5.34. The molecule has 0 saturated carbocycles. The maximum atomic E-state index is 13.6. The number of thioether (sulfide) groups is 1. The maximum absolute atomic E-state index is 13.6. The molecule has 254 valence electrons. The first-order chi connectivity index (χ1) is 23.7. The third-order valence-corrected chi connectivity index (χ3v) is 10.1. The molecule has 0 spiro atoms. The van der Waals surface area contributed by atoms with Gasteiger partial charge in [-0.15, -0.1) is 23.1 Å². The van der Waals surface area contributed by atoms with Crippen LogP contribution in [0.5, 0.6) is 0 Å². The minimum atomic E-state index is -0.496. The summed E-state index contributed by atoms with van der Waals surface area (Å²) in [4.78, 5) is 56.5. The first-order valence-electron chi connectivity index (χ1n) is 16.2. The molecule has 9 nitrogen and oxygen atoms in total. The van der Waals surface area contributed by atoms with Crippen LogP contribution >= 0.6 is 23.1 Å². The number of carbonyl (C=O) groups excluding carboxylic acids is 4. The number of ether oxygens (including phenoxy) is 1. The van der Waals surface area contributed by atoms with Gasteiger partial charge in [0, 0.05) is 40.8 Å². The number of esters is 1. The molecule has 5 rings (SSSR count). The summed E-state index contributed by atoms with van der Waals surface area (Å²) in [6.45, 7) is 2.04. The summed E-state index contributed by atoms with van der Waals surface area (Å²) in [5.74, 6) is -1.44. The normalized spacial score (nSPS) is 12.7. The zero-order valence-corrected chi connectivity index (χ0v) is 29.5. The van der Waals surface area contributed by atoms with E-state index in [2.05, 4.69) is 16.0 Å². The molecule has 0 aliphatic heterocycles. The van der Waals surface area contributed by atoms with Gasteiger partial charge in [-0.3, -0.25) is 14.4 Å². The van der Waals surface area contributed by atoms with Crippen LogP contribution in [-0.4, -0.2) is 50.1 Å². The molecule has 0 fully saturated rings. The highest BCUT2D eigenvalue weighted by molar-refractivity contribution is 8.00. The van der Waals surface area contributed by atoms with Crippen molar-refractivity contribution < 1.29 is 23.9 Å². The van der Waals surface area contributed by atoms with Crippen molar-refractivity contribution in [1.29, 1.82) is 0 Å². The fourth-order valence-electron chi connectivity index (χ4n) is 5.40. The Labute approximate surface area is 295 Å². The van der Waals surface area contributed by atoms with Gasteiger partial charge >= 0.3 is 5.97 Å². The summed E-state index contributed by atoms with van der Waals surface area (Å²) >= 11 is 2.78. The Hall–Kier alpha value is -4.87. The van der Waals surface area contributed by atoms with Gasteiger partial charge in [0.1, 0.15) is 10.7 Å². The number of nitrogens with zero attached hydrogens (tertiary/aromatic N) is 1. The van der Waals surface area contributed by atoms with Gasteiger partial charge in [-0.25, -0.2) is 4.79 Å². The van der Waals surface area contributed by atoms with Gasteiger partial charge in [0.25, 0.3) is 11.8 Å². The summed E-state index contributed by atoms with van der Waals surface area (Å²) in [6, 6.07) is 23.5. The second-order valence-corrected chi connectivity index (χ2v) is 13.8.